The summed E-state index contributed by atoms with van der Waals surface area (Å²) in [5, 5.41) is 2.82. The van der Waals surface area contributed by atoms with Crippen molar-refractivity contribution in [3.8, 4) is 0 Å². The average molecular weight is 239 g/mol. The van der Waals surface area contributed by atoms with Crippen molar-refractivity contribution < 1.29 is 9.21 Å². The van der Waals surface area contributed by atoms with E-state index in [1.807, 2.05) is 0 Å². The van der Waals surface area contributed by atoms with Crippen LogP contribution in [0, 0.1) is 0 Å². The first-order valence-electron chi connectivity index (χ1n) is 6.00. The number of furan rings is 1. The summed E-state index contributed by atoms with van der Waals surface area (Å²) in [7, 11) is 0. The number of hydrogen-bond acceptors (Lipinski definition) is 4. The van der Waals surface area contributed by atoms with Crippen molar-refractivity contribution in [2.24, 2.45) is 5.73 Å². The summed E-state index contributed by atoms with van der Waals surface area (Å²) in [6.45, 7) is 7.97. The molecule has 1 aromatic heterocycles. The van der Waals surface area contributed by atoms with Gasteiger partial charge in [0.2, 0.25) is 0 Å². The second-order valence-corrected chi connectivity index (χ2v) is 3.75. The summed E-state index contributed by atoms with van der Waals surface area (Å²) in [4.78, 5) is 13.9. The quantitative estimate of drug-likeness (QED) is 0.738. The van der Waals surface area contributed by atoms with Gasteiger partial charge >= 0.3 is 0 Å². The lowest BCUT2D eigenvalue weighted by Gasteiger charge is -2.17. The molecule has 0 spiro atoms. The molecule has 0 fully saturated rings. The predicted molar refractivity (Wildman–Crippen MR) is 66.7 cm³/mol. The molecule has 0 saturated heterocycles. The highest BCUT2D eigenvalue weighted by Crippen LogP contribution is 2.06. The van der Waals surface area contributed by atoms with Gasteiger partial charge in [0.15, 0.2) is 5.76 Å². The number of nitrogens with zero attached hydrogens (tertiary/aromatic N) is 1. The molecular formula is C12H21N3O2. The van der Waals surface area contributed by atoms with Crippen molar-refractivity contribution in [2.75, 3.05) is 26.2 Å². The van der Waals surface area contributed by atoms with Crippen LogP contribution in [-0.4, -0.2) is 37.0 Å². The minimum Gasteiger partial charge on any atom is -0.455 e. The Bertz CT molecular complexity index is 345. The molecule has 5 nitrogen and oxygen atoms in total. The number of hydrogen-bond donors (Lipinski definition) is 2. The van der Waals surface area contributed by atoms with E-state index in [9.17, 15) is 4.79 Å². The topological polar surface area (TPSA) is 71.5 Å². The number of rotatable bonds is 7. The molecule has 0 radical (unpaired) electrons. The maximum Gasteiger partial charge on any atom is 0.287 e. The molecule has 0 bridgehead atoms. The molecule has 1 aromatic rings. The molecule has 0 aliphatic rings. The molecular weight excluding hydrogens is 218 g/mol. The van der Waals surface area contributed by atoms with Gasteiger partial charge in [-0.15, -0.1) is 0 Å². The van der Waals surface area contributed by atoms with Gasteiger partial charge in [-0.1, -0.05) is 13.8 Å². The van der Waals surface area contributed by atoms with Gasteiger partial charge in [-0.25, -0.2) is 0 Å². The highest BCUT2D eigenvalue weighted by Gasteiger charge is 2.10. The maximum absolute atomic E-state index is 11.7. The van der Waals surface area contributed by atoms with Crippen LogP contribution in [0.3, 0.4) is 0 Å². The lowest BCUT2D eigenvalue weighted by atomic mass is 10.4. The number of nitrogens with one attached hydrogen (secondary N) is 1. The highest BCUT2D eigenvalue weighted by atomic mass is 16.4. The minimum atomic E-state index is -0.183. The van der Waals surface area contributed by atoms with Crippen LogP contribution in [0.15, 0.2) is 16.5 Å². The first-order chi connectivity index (χ1) is 8.21. The van der Waals surface area contributed by atoms with E-state index < -0.39 is 0 Å². The third-order valence-electron chi connectivity index (χ3n) is 2.69. The molecule has 3 N–H and O–H groups in total. The zero-order valence-corrected chi connectivity index (χ0v) is 10.5. The summed E-state index contributed by atoms with van der Waals surface area (Å²) in [6, 6.07) is 3.37. The number of amides is 1. The first-order valence-corrected chi connectivity index (χ1v) is 6.00. The van der Waals surface area contributed by atoms with Crippen molar-refractivity contribution in [1.82, 2.24) is 10.2 Å². The van der Waals surface area contributed by atoms with Gasteiger partial charge in [-0.05, 0) is 25.2 Å². The Morgan fingerprint density at radius 3 is 2.65 bits per heavy atom. The van der Waals surface area contributed by atoms with E-state index in [1.54, 1.807) is 12.1 Å². The Kier molecular flexibility index (Phi) is 5.72. The van der Waals surface area contributed by atoms with Crippen LogP contribution in [-0.2, 0) is 6.54 Å². The van der Waals surface area contributed by atoms with E-state index in [-0.39, 0.29) is 5.91 Å². The van der Waals surface area contributed by atoms with Crippen LogP contribution in [0.2, 0.25) is 0 Å². The van der Waals surface area contributed by atoms with Crippen LogP contribution in [0.4, 0.5) is 0 Å². The van der Waals surface area contributed by atoms with Crippen molar-refractivity contribution in [1.29, 1.82) is 0 Å². The largest absolute Gasteiger partial charge is 0.455 e. The third-order valence-corrected chi connectivity index (χ3v) is 2.69. The Labute approximate surface area is 102 Å². The molecule has 1 rings (SSSR count). The molecule has 17 heavy (non-hydrogen) atoms. The Hall–Kier alpha value is -1.33. The van der Waals surface area contributed by atoms with Crippen molar-refractivity contribution >= 4 is 5.91 Å². The number of carbonyl (C=O) groups is 1. The van der Waals surface area contributed by atoms with Gasteiger partial charge in [-0.3, -0.25) is 4.79 Å². The third kappa shape index (κ3) is 4.20. The van der Waals surface area contributed by atoms with E-state index in [0.717, 1.165) is 19.6 Å². The summed E-state index contributed by atoms with van der Waals surface area (Å²) in [5.41, 5.74) is 5.41. The Morgan fingerprint density at radius 1 is 1.41 bits per heavy atom. The van der Waals surface area contributed by atoms with Crippen molar-refractivity contribution in [2.45, 2.75) is 20.4 Å². The van der Waals surface area contributed by atoms with E-state index in [1.165, 1.54) is 0 Å². The smallest absolute Gasteiger partial charge is 0.287 e. The normalized spacial score (nSPS) is 10.8. The molecule has 5 heteroatoms. The van der Waals surface area contributed by atoms with Gasteiger partial charge < -0.3 is 20.4 Å². The number of likely N-dealkylation sites (N-methyl/N-ethyl adjacent to an activating group) is 1. The summed E-state index contributed by atoms with van der Waals surface area (Å²) < 4.78 is 5.25. The van der Waals surface area contributed by atoms with Gasteiger partial charge in [0.05, 0.1) is 6.54 Å². The zero-order chi connectivity index (χ0) is 12.7. The minimum absolute atomic E-state index is 0.183. The molecule has 1 amide bonds. The SMILES string of the molecule is CCN(CC)CCNC(=O)c1ccc(CN)o1. The van der Waals surface area contributed by atoms with Crippen LogP contribution in [0.5, 0.6) is 0 Å². The van der Waals surface area contributed by atoms with E-state index in [4.69, 9.17) is 10.2 Å². The molecule has 0 aromatic carbocycles. The fraction of sp³-hybridized carbons (Fsp3) is 0.583. The van der Waals surface area contributed by atoms with E-state index >= 15 is 0 Å². The van der Waals surface area contributed by atoms with Gasteiger partial charge in [0.25, 0.3) is 5.91 Å². The average Bonchev–Trinajstić information content (AvgIpc) is 2.83. The molecule has 0 saturated carbocycles. The summed E-state index contributed by atoms with van der Waals surface area (Å²) >= 11 is 0. The predicted octanol–water partition coefficient (Wildman–Crippen LogP) is 0.810. The fourth-order valence-corrected chi connectivity index (χ4v) is 1.56. The standard InChI is InChI=1S/C12H21N3O2/c1-3-15(4-2)8-7-14-12(16)11-6-5-10(9-13)17-11/h5-6H,3-4,7-9,13H2,1-2H3,(H,14,16). The molecule has 1 heterocycles. The van der Waals surface area contributed by atoms with Crippen molar-refractivity contribution in [3.05, 3.63) is 23.7 Å². The van der Waals surface area contributed by atoms with Gasteiger partial charge in [-0.2, -0.15) is 0 Å². The van der Waals surface area contributed by atoms with Crippen LogP contribution >= 0.6 is 0 Å². The zero-order valence-electron chi connectivity index (χ0n) is 10.5. The monoisotopic (exact) mass is 239 g/mol. The number of carbonyl (C=O) groups excluding carboxylic acids is 1. The van der Waals surface area contributed by atoms with Crippen LogP contribution in [0.1, 0.15) is 30.2 Å². The lowest BCUT2D eigenvalue weighted by molar-refractivity contribution is 0.0919. The molecule has 0 unspecified atom stereocenters. The van der Waals surface area contributed by atoms with Crippen LogP contribution in [0.25, 0.3) is 0 Å². The van der Waals surface area contributed by atoms with Gasteiger partial charge in [0.1, 0.15) is 5.76 Å². The van der Waals surface area contributed by atoms with Crippen molar-refractivity contribution in [3.63, 3.8) is 0 Å². The number of nitrogens with two attached hydrogens (primary N) is 1. The highest BCUT2D eigenvalue weighted by molar-refractivity contribution is 5.91. The summed E-state index contributed by atoms with van der Waals surface area (Å²) in [5.74, 6) is 0.765. The van der Waals surface area contributed by atoms with E-state index in [0.29, 0.717) is 24.6 Å². The summed E-state index contributed by atoms with van der Waals surface area (Å²) in [6.07, 6.45) is 0. The second kappa shape index (κ2) is 7.09. The molecule has 96 valence electrons. The lowest BCUT2D eigenvalue weighted by Crippen LogP contribution is -2.34. The molecule has 0 aliphatic carbocycles. The van der Waals surface area contributed by atoms with Crippen LogP contribution < -0.4 is 11.1 Å². The molecule has 0 atom stereocenters. The van der Waals surface area contributed by atoms with E-state index in [2.05, 4.69) is 24.1 Å². The fourth-order valence-electron chi connectivity index (χ4n) is 1.56. The Morgan fingerprint density at radius 2 is 2.12 bits per heavy atom. The Balaban J connectivity index is 2.34. The second-order valence-electron chi connectivity index (χ2n) is 3.75. The first kappa shape index (κ1) is 13.7. The van der Waals surface area contributed by atoms with Gasteiger partial charge in [0, 0.05) is 13.1 Å². The maximum atomic E-state index is 11.7. The molecule has 0 aliphatic heterocycles.